The molecule has 0 aliphatic heterocycles. The van der Waals surface area contributed by atoms with Gasteiger partial charge in [-0.2, -0.15) is 0 Å². The van der Waals surface area contributed by atoms with E-state index in [0.29, 0.717) is 65.1 Å². The van der Waals surface area contributed by atoms with Gasteiger partial charge in [-0.15, -0.1) is 0 Å². The first-order valence-corrected chi connectivity index (χ1v) is 31.0. The summed E-state index contributed by atoms with van der Waals surface area (Å²) in [5.41, 5.74) is 1.78. The van der Waals surface area contributed by atoms with Crippen molar-refractivity contribution < 1.29 is 18.0 Å². The highest BCUT2D eigenvalue weighted by molar-refractivity contribution is 6.75. The summed E-state index contributed by atoms with van der Waals surface area (Å²) < 4.78 is 27.3. The van der Waals surface area contributed by atoms with Crippen LogP contribution in [0.5, 0.6) is 0 Å². The Morgan fingerprint density at radius 1 is 0.815 bits per heavy atom. The molecule has 9 atom stereocenters. The number of nitrogens with zero attached hydrogens (tertiary/aromatic N) is 1. The summed E-state index contributed by atoms with van der Waals surface area (Å²) >= 11 is 0. The molecule has 3 saturated carbocycles. The van der Waals surface area contributed by atoms with Crippen LogP contribution in [-0.2, 0) is 24.6 Å². The Balaban J connectivity index is 1.33. The number of ether oxygens (including phenoxy) is 1. The third-order valence-electron chi connectivity index (χ3n) is 15.8. The Hall–Kier alpha value is -1.36. The van der Waals surface area contributed by atoms with Gasteiger partial charge in [-0.05, 0) is 159 Å². The van der Waals surface area contributed by atoms with Gasteiger partial charge < -0.3 is 18.0 Å². The summed E-state index contributed by atoms with van der Waals surface area (Å²) in [5.74, 6) is 5.12. The van der Waals surface area contributed by atoms with Gasteiger partial charge in [0.2, 0.25) is 8.32 Å². The lowest BCUT2D eigenvalue weighted by Gasteiger charge is -2.61. The maximum Gasteiger partial charge on any atom is 0.369 e. The zero-order valence-corrected chi connectivity index (χ0v) is 40.7. The van der Waals surface area contributed by atoms with Crippen LogP contribution in [0.2, 0.25) is 55.9 Å². The molecule has 306 valence electrons. The predicted octanol–water partition coefficient (Wildman–Crippen LogP) is 13.6. The lowest BCUT2D eigenvalue weighted by molar-refractivity contribution is -0.0950. The van der Waals surface area contributed by atoms with Crippen LogP contribution in [0.15, 0.2) is 47.2 Å². The molecule has 0 aromatic heterocycles. The van der Waals surface area contributed by atoms with Crippen LogP contribution < -0.4 is 0 Å². The molecule has 5 nitrogen and oxygen atoms in total. The van der Waals surface area contributed by atoms with Crippen molar-refractivity contribution in [1.82, 2.24) is 0 Å². The predicted molar refractivity (Wildman–Crippen MR) is 236 cm³/mol. The minimum absolute atomic E-state index is 0.0734. The van der Waals surface area contributed by atoms with Crippen molar-refractivity contribution in [2.75, 3.05) is 6.54 Å². The van der Waals surface area contributed by atoms with Crippen LogP contribution in [0.1, 0.15) is 119 Å². The molecule has 1 aromatic carbocycles. The van der Waals surface area contributed by atoms with Gasteiger partial charge in [0.05, 0.1) is 5.76 Å². The number of fused-ring (bicyclic) bond motifs is 5. The highest BCUT2D eigenvalue weighted by atomic mass is 28.4. The first kappa shape index (κ1) is 43.8. The van der Waals surface area contributed by atoms with Gasteiger partial charge in [-0.25, -0.2) is 4.99 Å². The zero-order chi connectivity index (χ0) is 40.1. The summed E-state index contributed by atoms with van der Waals surface area (Å²) in [6.07, 6.45) is 13.5. The average Bonchev–Trinajstić information content (AvgIpc) is 3.40. The highest BCUT2D eigenvalue weighted by Gasteiger charge is 2.62. The molecule has 54 heavy (non-hydrogen) atoms. The third kappa shape index (κ3) is 9.33. The highest BCUT2D eigenvalue weighted by Crippen LogP contribution is 2.68. The average molecular weight is 796 g/mol. The van der Waals surface area contributed by atoms with Gasteiger partial charge in [0.1, 0.15) is 6.61 Å². The Kier molecular flexibility index (Phi) is 12.8. The molecule has 1 unspecified atom stereocenters. The molecule has 5 rings (SSSR count). The quantitative estimate of drug-likeness (QED) is 0.127. The third-order valence-corrected chi connectivity index (χ3v) is 25.5. The molecule has 0 N–H and O–H groups in total. The van der Waals surface area contributed by atoms with Gasteiger partial charge in [0.15, 0.2) is 8.32 Å². The minimum Gasteiger partial charge on any atom is -0.547 e. The summed E-state index contributed by atoms with van der Waals surface area (Å²) in [7, 11) is -5.73. The molecule has 8 heteroatoms. The number of hydrogen-bond acceptors (Lipinski definition) is 5. The van der Waals surface area contributed by atoms with Crippen LogP contribution in [-0.4, -0.2) is 43.7 Å². The molecule has 0 saturated heterocycles. The van der Waals surface area contributed by atoms with E-state index in [1.54, 1.807) is 0 Å². The molecular formula is C46H81NO4Si3. The fourth-order valence-corrected chi connectivity index (χ4v) is 13.7. The second-order valence-corrected chi connectivity index (χ2v) is 36.6. The van der Waals surface area contributed by atoms with Gasteiger partial charge in [0.25, 0.3) is 8.32 Å². The molecule has 0 radical (unpaired) electrons. The Labute approximate surface area is 335 Å². The van der Waals surface area contributed by atoms with Crippen molar-refractivity contribution in [3.63, 3.8) is 0 Å². The minimum atomic E-state index is -2.10. The van der Waals surface area contributed by atoms with Gasteiger partial charge >= 0.3 is 6.08 Å². The van der Waals surface area contributed by atoms with E-state index < -0.39 is 25.0 Å². The van der Waals surface area contributed by atoms with Gasteiger partial charge in [-0.1, -0.05) is 92.6 Å². The molecule has 0 heterocycles. The Morgan fingerprint density at radius 2 is 1.43 bits per heavy atom. The molecular weight excluding hydrogens is 715 g/mol. The van der Waals surface area contributed by atoms with E-state index in [-0.39, 0.29) is 10.1 Å². The van der Waals surface area contributed by atoms with Crippen molar-refractivity contribution in [1.29, 1.82) is 0 Å². The maximum atomic E-state index is 7.22. The SMILES string of the molecule is C[C@H](CCN=C(OCc1ccccc1)O[Si](C)(C)C(C)(C)C)[C@H]1CC[C@H]2[C@@H]3C(O[Si](C)(C)C)=C[C@@H]4CC(O[Si](C)(C)C(C)(C)C)CC[C@]4(C)[C@H]3CC[C@]12C. The number of aliphatic imine (C=N–C) groups is 1. The van der Waals surface area contributed by atoms with Crippen LogP contribution in [0, 0.1) is 46.3 Å². The van der Waals surface area contributed by atoms with Gasteiger partial charge in [0, 0.05) is 18.6 Å². The normalized spacial score (nSPS) is 32.9. The van der Waals surface area contributed by atoms with E-state index in [9.17, 15) is 0 Å². The summed E-state index contributed by atoms with van der Waals surface area (Å²) in [5, 5.41) is 0.310. The van der Waals surface area contributed by atoms with Crippen LogP contribution in [0.4, 0.5) is 0 Å². The molecule has 4 aliphatic carbocycles. The second kappa shape index (κ2) is 15.8. The van der Waals surface area contributed by atoms with Gasteiger partial charge in [-0.3, -0.25) is 0 Å². The number of allylic oxidation sites excluding steroid dienone is 2. The standard InChI is InChI=1S/C46H81NO4Si3/c1-33(26-29-47-42(51-54(15,16)44(5,6)7)48-32-34-20-18-17-19-21-34)37-22-23-38-41-39(25-28-46(37,38)9)45(8)27-24-36(49-53(13,14)43(2,3)4)30-35(45)31-40(41)50-52(10,11)12/h17-21,31,33,35-39,41H,22-30,32H2,1-16H3/t33-,35+,36?,37-,38+,39+,41+,45+,46-/m1/s1. The fraction of sp³-hybridized carbons (Fsp3) is 0.804. The van der Waals surface area contributed by atoms with Crippen molar-refractivity contribution in [3.05, 3.63) is 47.7 Å². The van der Waals surface area contributed by atoms with E-state index in [0.717, 1.165) is 24.9 Å². The summed E-state index contributed by atoms with van der Waals surface area (Å²) in [6, 6.07) is 10.4. The monoisotopic (exact) mass is 796 g/mol. The molecule has 3 fully saturated rings. The molecule has 1 aromatic rings. The topological polar surface area (TPSA) is 49.3 Å². The van der Waals surface area contributed by atoms with E-state index >= 15 is 0 Å². The molecule has 0 bridgehead atoms. The largest absolute Gasteiger partial charge is 0.547 e. The number of rotatable bonds is 11. The van der Waals surface area contributed by atoms with Crippen molar-refractivity contribution >= 4 is 31.0 Å². The van der Waals surface area contributed by atoms with E-state index in [4.69, 9.17) is 23.0 Å². The van der Waals surface area contributed by atoms with E-state index in [1.807, 2.05) is 6.07 Å². The number of hydrogen-bond donors (Lipinski definition) is 0. The van der Waals surface area contributed by atoms with Crippen LogP contribution in [0.25, 0.3) is 0 Å². The lowest BCUT2D eigenvalue weighted by Crippen LogP contribution is -2.55. The Bertz CT molecular complexity index is 1490. The smallest absolute Gasteiger partial charge is 0.369 e. The molecule has 0 amide bonds. The van der Waals surface area contributed by atoms with Crippen molar-refractivity contribution in [2.24, 2.45) is 51.3 Å². The van der Waals surface area contributed by atoms with Crippen LogP contribution >= 0.6 is 0 Å². The summed E-state index contributed by atoms with van der Waals surface area (Å²) in [4.78, 5) is 5.06. The molecule has 0 spiro atoms. The maximum absolute atomic E-state index is 7.22. The van der Waals surface area contributed by atoms with E-state index in [2.05, 4.69) is 138 Å². The van der Waals surface area contributed by atoms with Crippen LogP contribution in [0.3, 0.4) is 0 Å². The Morgan fingerprint density at radius 3 is 2.04 bits per heavy atom. The first-order chi connectivity index (χ1) is 24.8. The van der Waals surface area contributed by atoms with E-state index in [1.165, 1.54) is 44.3 Å². The fourth-order valence-electron chi connectivity index (χ4n) is 10.5. The first-order valence-electron chi connectivity index (χ1n) is 21.8. The zero-order valence-electron chi connectivity index (χ0n) is 37.7. The number of benzene rings is 1. The lowest BCUT2D eigenvalue weighted by atomic mass is 9.46. The van der Waals surface area contributed by atoms with Crippen molar-refractivity contribution in [2.45, 2.75) is 182 Å². The summed E-state index contributed by atoms with van der Waals surface area (Å²) in [6.45, 7) is 39.6. The molecule has 4 aliphatic rings. The second-order valence-electron chi connectivity index (χ2n) is 22.7. The van der Waals surface area contributed by atoms with Crippen molar-refractivity contribution in [3.8, 4) is 0 Å².